The van der Waals surface area contributed by atoms with Gasteiger partial charge in [0.2, 0.25) is 0 Å². The van der Waals surface area contributed by atoms with Gasteiger partial charge in [0, 0.05) is 10.6 Å². The lowest BCUT2D eigenvalue weighted by molar-refractivity contribution is -0.123. The maximum absolute atomic E-state index is 12.9. The van der Waals surface area contributed by atoms with E-state index in [1.54, 1.807) is 42.5 Å². The lowest BCUT2D eigenvalue weighted by atomic mass is 10.0. The molecular formula is C24H25ClN2O4. The molecular weight excluding hydrogens is 416 g/mol. The predicted molar refractivity (Wildman–Crippen MR) is 121 cm³/mol. The minimum absolute atomic E-state index is 0.161. The largest absolute Gasteiger partial charge is 0.490 e. The second kappa shape index (κ2) is 10.2. The zero-order valence-corrected chi connectivity index (χ0v) is 18.4. The summed E-state index contributed by atoms with van der Waals surface area (Å²) in [7, 11) is 0. The van der Waals surface area contributed by atoms with Gasteiger partial charge in [0.15, 0.2) is 11.5 Å². The van der Waals surface area contributed by atoms with Crippen LogP contribution in [-0.4, -0.2) is 30.1 Å². The molecule has 1 N–H and O–H groups in total. The predicted octanol–water partition coefficient (Wildman–Crippen LogP) is 4.96. The van der Waals surface area contributed by atoms with Gasteiger partial charge in [-0.15, -0.1) is 6.58 Å². The highest BCUT2D eigenvalue weighted by Crippen LogP contribution is 2.35. The van der Waals surface area contributed by atoms with Gasteiger partial charge < -0.3 is 14.8 Å². The number of carbonyl (C=O) groups excluding carboxylic acids is 2. The number of carbonyl (C=O) groups is 2. The Kier molecular flexibility index (Phi) is 7.36. The first-order chi connectivity index (χ1) is 15.0. The number of halogens is 1. The molecule has 0 spiro atoms. The van der Waals surface area contributed by atoms with Crippen LogP contribution in [0.15, 0.2) is 54.8 Å². The molecule has 3 amide bonds. The molecule has 0 atom stereocenters. The topological polar surface area (TPSA) is 67.9 Å². The van der Waals surface area contributed by atoms with E-state index in [1.807, 2.05) is 19.9 Å². The summed E-state index contributed by atoms with van der Waals surface area (Å²) in [4.78, 5) is 26.4. The van der Waals surface area contributed by atoms with Crippen LogP contribution < -0.4 is 14.8 Å². The van der Waals surface area contributed by atoms with Gasteiger partial charge in [-0.3, -0.25) is 9.69 Å². The quantitative estimate of drug-likeness (QED) is 0.340. The zero-order valence-electron chi connectivity index (χ0n) is 17.6. The molecule has 1 heterocycles. The van der Waals surface area contributed by atoms with Crippen LogP contribution in [0.5, 0.6) is 11.5 Å². The molecule has 7 heteroatoms. The molecule has 0 unspecified atom stereocenters. The van der Waals surface area contributed by atoms with E-state index >= 15 is 0 Å². The van der Waals surface area contributed by atoms with Crippen LogP contribution in [0.4, 0.5) is 4.79 Å². The SMILES string of the molecule is C=CCc1cc(/C=C2\NC(=O)N(Cc3ccc(Cl)cc3)C2=O)cc(OCC)c1OCC. The number of hydrogen-bond donors (Lipinski definition) is 1. The van der Waals surface area contributed by atoms with Gasteiger partial charge in [0.1, 0.15) is 5.70 Å². The van der Waals surface area contributed by atoms with Crippen LogP contribution in [-0.2, 0) is 17.8 Å². The van der Waals surface area contributed by atoms with E-state index in [4.69, 9.17) is 21.1 Å². The first kappa shape index (κ1) is 22.4. The second-order valence-electron chi connectivity index (χ2n) is 6.87. The van der Waals surface area contributed by atoms with Crippen LogP contribution in [0.3, 0.4) is 0 Å². The maximum atomic E-state index is 12.9. The third kappa shape index (κ3) is 5.27. The smallest absolute Gasteiger partial charge is 0.329 e. The number of benzene rings is 2. The van der Waals surface area contributed by atoms with Gasteiger partial charge in [0.25, 0.3) is 5.91 Å². The zero-order chi connectivity index (χ0) is 22.4. The van der Waals surface area contributed by atoms with Crippen molar-refractivity contribution in [3.05, 3.63) is 76.5 Å². The van der Waals surface area contributed by atoms with Crippen molar-refractivity contribution in [2.24, 2.45) is 0 Å². The maximum Gasteiger partial charge on any atom is 0.329 e. The number of amides is 3. The third-order valence-corrected chi connectivity index (χ3v) is 4.89. The number of ether oxygens (including phenoxy) is 2. The van der Waals surface area contributed by atoms with Crippen LogP contribution >= 0.6 is 11.6 Å². The highest BCUT2D eigenvalue weighted by Gasteiger charge is 2.33. The second-order valence-corrected chi connectivity index (χ2v) is 7.31. The molecule has 31 heavy (non-hydrogen) atoms. The Hall–Kier alpha value is -3.25. The first-order valence-electron chi connectivity index (χ1n) is 10.1. The summed E-state index contributed by atoms with van der Waals surface area (Å²) >= 11 is 5.91. The van der Waals surface area contributed by atoms with Crippen molar-refractivity contribution in [1.82, 2.24) is 10.2 Å². The highest BCUT2D eigenvalue weighted by atomic mass is 35.5. The fraction of sp³-hybridized carbons (Fsp3) is 0.250. The van der Waals surface area contributed by atoms with Crippen LogP contribution in [0, 0.1) is 0 Å². The molecule has 0 bridgehead atoms. The van der Waals surface area contributed by atoms with Gasteiger partial charge in [-0.1, -0.05) is 29.8 Å². The molecule has 1 saturated heterocycles. The van der Waals surface area contributed by atoms with Crippen LogP contribution in [0.2, 0.25) is 5.02 Å². The fourth-order valence-electron chi connectivity index (χ4n) is 3.30. The van der Waals surface area contributed by atoms with Gasteiger partial charge in [-0.05, 0) is 61.7 Å². The Morgan fingerprint density at radius 2 is 1.81 bits per heavy atom. The van der Waals surface area contributed by atoms with E-state index in [1.165, 1.54) is 0 Å². The van der Waals surface area contributed by atoms with Crippen molar-refractivity contribution >= 4 is 29.6 Å². The normalized spacial score (nSPS) is 14.7. The summed E-state index contributed by atoms with van der Waals surface area (Å²) in [6, 6.07) is 10.3. The summed E-state index contributed by atoms with van der Waals surface area (Å²) in [6.45, 7) is 8.74. The lowest BCUT2D eigenvalue weighted by Crippen LogP contribution is -2.30. The van der Waals surface area contributed by atoms with Gasteiger partial charge in [-0.25, -0.2) is 4.79 Å². The molecule has 0 radical (unpaired) electrons. The first-order valence-corrected chi connectivity index (χ1v) is 10.5. The monoisotopic (exact) mass is 440 g/mol. The summed E-state index contributed by atoms with van der Waals surface area (Å²) in [6.07, 6.45) is 4.00. The molecule has 0 saturated carbocycles. The van der Waals surface area contributed by atoms with E-state index in [0.717, 1.165) is 21.6 Å². The fourth-order valence-corrected chi connectivity index (χ4v) is 3.43. The molecule has 0 aliphatic carbocycles. The van der Waals surface area contributed by atoms with Crippen molar-refractivity contribution in [2.45, 2.75) is 26.8 Å². The van der Waals surface area contributed by atoms with E-state index in [0.29, 0.717) is 36.2 Å². The summed E-state index contributed by atoms with van der Waals surface area (Å²) < 4.78 is 11.5. The summed E-state index contributed by atoms with van der Waals surface area (Å²) in [5.41, 5.74) is 2.63. The average Bonchev–Trinajstić information content (AvgIpc) is 3.00. The Morgan fingerprint density at radius 1 is 1.10 bits per heavy atom. The van der Waals surface area contributed by atoms with E-state index < -0.39 is 11.9 Å². The number of urea groups is 1. The molecule has 1 aliphatic heterocycles. The Bertz CT molecular complexity index is 1010. The molecule has 0 aromatic heterocycles. The van der Waals surface area contributed by atoms with E-state index in [2.05, 4.69) is 11.9 Å². The minimum atomic E-state index is -0.464. The van der Waals surface area contributed by atoms with Crippen molar-refractivity contribution in [1.29, 1.82) is 0 Å². The lowest BCUT2D eigenvalue weighted by Gasteiger charge is -2.16. The number of nitrogens with zero attached hydrogens (tertiary/aromatic N) is 1. The van der Waals surface area contributed by atoms with Gasteiger partial charge in [0.05, 0.1) is 19.8 Å². The van der Waals surface area contributed by atoms with Crippen molar-refractivity contribution in [3.63, 3.8) is 0 Å². The Morgan fingerprint density at radius 3 is 2.45 bits per heavy atom. The van der Waals surface area contributed by atoms with Crippen LogP contribution in [0.25, 0.3) is 6.08 Å². The molecule has 2 aromatic carbocycles. The number of allylic oxidation sites excluding steroid dienone is 1. The van der Waals surface area contributed by atoms with Crippen LogP contribution in [0.1, 0.15) is 30.5 Å². The third-order valence-electron chi connectivity index (χ3n) is 4.63. The summed E-state index contributed by atoms with van der Waals surface area (Å²) in [5.74, 6) is 0.861. The van der Waals surface area contributed by atoms with E-state index in [-0.39, 0.29) is 12.2 Å². The number of imide groups is 1. The Balaban J connectivity index is 1.91. The number of hydrogen-bond acceptors (Lipinski definition) is 4. The average molecular weight is 441 g/mol. The molecule has 1 aliphatic rings. The van der Waals surface area contributed by atoms with Crippen molar-refractivity contribution in [2.75, 3.05) is 13.2 Å². The number of nitrogens with one attached hydrogen (secondary N) is 1. The minimum Gasteiger partial charge on any atom is -0.490 e. The molecule has 2 aromatic rings. The highest BCUT2D eigenvalue weighted by molar-refractivity contribution is 6.30. The molecule has 162 valence electrons. The molecule has 3 rings (SSSR count). The molecule has 6 nitrogen and oxygen atoms in total. The molecule has 1 fully saturated rings. The summed E-state index contributed by atoms with van der Waals surface area (Å²) in [5, 5.41) is 3.25. The van der Waals surface area contributed by atoms with Crippen molar-refractivity contribution in [3.8, 4) is 11.5 Å². The van der Waals surface area contributed by atoms with Gasteiger partial charge in [-0.2, -0.15) is 0 Å². The van der Waals surface area contributed by atoms with E-state index in [9.17, 15) is 9.59 Å². The van der Waals surface area contributed by atoms with Crippen molar-refractivity contribution < 1.29 is 19.1 Å². The standard InChI is InChI=1S/C24H25ClN2O4/c1-4-7-18-12-17(14-21(30-5-2)22(18)31-6-3)13-20-23(28)27(24(29)26-20)15-16-8-10-19(25)11-9-16/h4,8-14H,1,5-7,15H2,2-3H3,(H,26,29)/b20-13-. The number of rotatable bonds is 9. The van der Waals surface area contributed by atoms with Gasteiger partial charge >= 0.3 is 6.03 Å². The Labute approximate surface area is 187 Å².